The van der Waals surface area contributed by atoms with Crippen LogP contribution in [0.2, 0.25) is 0 Å². The van der Waals surface area contributed by atoms with E-state index in [1.807, 2.05) is 62.3 Å². The first-order chi connectivity index (χ1) is 15.8. The minimum atomic E-state index is -0.635. The summed E-state index contributed by atoms with van der Waals surface area (Å²) in [6.45, 7) is 1.81. The highest BCUT2D eigenvalue weighted by atomic mass is 32.2. The first kappa shape index (κ1) is 24.1. The van der Waals surface area contributed by atoms with Crippen LogP contribution in [0.4, 0.5) is 11.4 Å². The minimum absolute atomic E-state index is 0.0529. The topological polar surface area (TPSA) is 101 Å². The molecular formula is C24H27N5O3S. The molecule has 0 aliphatic carbocycles. The van der Waals surface area contributed by atoms with E-state index in [-0.39, 0.29) is 23.4 Å². The molecule has 8 nitrogen and oxygen atoms in total. The van der Waals surface area contributed by atoms with Crippen molar-refractivity contribution in [1.82, 2.24) is 0 Å². The van der Waals surface area contributed by atoms with E-state index in [1.54, 1.807) is 31.4 Å². The van der Waals surface area contributed by atoms with Gasteiger partial charge in [0.25, 0.3) is 0 Å². The van der Waals surface area contributed by atoms with Crippen LogP contribution < -0.4 is 20.3 Å². The fourth-order valence-electron chi connectivity index (χ4n) is 3.13. The van der Waals surface area contributed by atoms with Gasteiger partial charge in [-0.05, 0) is 55.0 Å². The molecule has 9 heteroatoms. The number of hydrogen-bond acceptors (Lipinski definition) is 7. The molecule has 2 aromatic carbocycles. The maximum absolute atomic E-state index is 12.8. The quantitative estimate of drug-likeness (QED) is 0.291. The number of nitrogens with two attached hydrogens (primary N) is 1. The Bertz CT molecular complexity index is 1090. The molecule has 172 valence electrons. The molecule has 1 aliphatic heterocycles. The molecule has 0 saturated carbocycles. The van der Waals surface area contributed by atoms with Crippen LogP contribution in [0.3, 0.4) is 0 Å². The van der Waals surface area contributed by atoms with Crippen LogP contribution in [-0.2, 0) is 9.59 Å². The Labute approximate surface area is 197 Å². The molecule has 0 radical (unpaired) electrons. The second-order valence-electron chi connectivity index (χ2n) is 7.57. The highest BCUT2D eigenvalue weighted by molar-refractivity contribution is 8.14. The number of rotatable bonds is 7. The zero-order valence-electron chi connectivity index (χ0n) is 19.1. The SMILES string of the molecule is COc1ccc(N2C(=O)CC(SC(N)=NN=C(C)C=Cc3ccc(N(C)C)cc3)C2=O)cc1. The number of amidine groups is 1. The van der Waals surface area contributed by atoms with Gasteiger partial charge in [-0.1, -0.05) is 30.0 Å². The summed E-state index contributed by atoms with van der Waals surface area (Å²) >= 11 is 1.04. The number of carbonyl (C=O) groups excluding carboxylic acids is 2. The van der Waals surface area contributed by atoms with Gasteiger partial charge in [0.05, 0.1) is 18.5 Å². The molecule has 2 amide bonds. The molecule has 1 heterocycles. The molecule has 1 aliphatic rings. The van der Waals surface area contributed by atoms with E-state index in [0.29, 0.717) is 17.1 Å². The van der Waals surface area contributed by atoms with Crippen LogP contribution in [0, 0.1) is 0 Å². The number of imide groups is 1. The van der Waals surface area contributed by atoms with Gasteiger partial charge >= 0.3 is 0 Å². The summed E-state index contributed by atoms with van der Waals surface area (Å²) in [5.41, 5.74) is 9.28. The number of benzene rings is 2. The van der Waals surface area contributed by atoms with Crippen LogP contribution in [0.5, 0.6) is 5.75 Å². The summed E-state index contributed by atoms with van der Waals surface area (Å²) in [6.07, 6.45) is 3.82. The third-order valence-corrected chi connectivity index (χ3v) is 5.91. The fraction of sp³-hybridized carbons (Fsp3) is 0.250. The summed E-state index contributed by atoms with van der Waals surface area (Å²) in [7, 11) is 5.54. The lowest BCUT2D eigenvalue weighted by Crippen LogP contribution is -2.31. The summed E-state index contributed by atoms with van der Waals surface area (Å²) < 4.78 is 5.12. The van der Waals surface area contributed by atoms with E-state index in [1.165, 1.54) is 4.90 Å². The van der Waals surface area contributed by atoms with Gasteiger partial charge in [0, 0.05) is 26.2 Å². The van der Waals surface area contributed by atoms with Gasteiger partial charge in [-0.25, -0.2) is 4.90 Å². The predicted octanol–water partition coefficient (Wildman–Crippen LogP) is 3.53. The Morgan fingerprint density at radius 3 is 2.39 bits per heavy atom. The molecule has 1 unspecified atom stereocenters. The molecule has 0 aromatic heterocycles. The third kappa shape index (κ3) is 6.23. The number of ether oxygens (including phenoxy) is 1. The first-order valence-corrected chi connectivity index (χ1v) is 11.2. The van der Waals surface area contributed by atoms with Crippen molar-refractivity contribution >= 4 is 51.9 Å². The van der Waals surface area contributed by atoms with Crippen molar-refractivity contribution in [3.05, 3.63) is 60.2 Å². The first-order valence-electron chi connectivity index (χ1n) is 10.3. The lowest BCUT2D eigenvalue weighted by atomic mass is 10.2. The van der Waals surface area contributed by atoms with Gasteiger partial charge in [0.15, 0.2) is 5.17 Å². The Hall–Kier alpha value is -3.59. The monoisotopic (exact) mass is 465 g/mol. The van der Waals surface area contributed by atoms with Crippen molar-refractivity contribution in [3.8, 4) is 5.75 Å². The van der Waals surface area contributed by atoms with Gasteiger partial charge in [-0.15, -0.1) is 5.10 Å². The maximum Gasteiger partial charge on any atom is 0.247 e. The molecule has 2 aromatic rings. The zero-order chi connectivity index (χ0) is 24.0. The molecule has 1 saturated heterocycles. The van der Waals surface area contributed by atoms with Crippen LogP contribution in [0.25, 0.3) is 6.08 Å². The molecule has 2 N–H and O–H groups in total. The Balaban J connectivity index is 1.60. The van der Waals surface area contributed by atoms with Gasteiger partial charge < -0.3 is 15.4 Å². The van der Waals surface area contributed by atoms with E-state index in [0.717, 1.165) is 23.0 Å². The molecule has 1 atom stereocenters. The van der Waals surface area contributed by atoms with Crippen molar-refractivity contribution in [2.75, 3.05) is 31.0 Å². The number of carbonyl (C=O) groups is 2. The smallest absolute Gasteiger partial charge is 0.247 e. The Kier molecular flexibility index (Phi) is 7.89. The number of anilines is 2. The molecule has 3 rings (SSSR count). The number of thioether (sulfide) groups is 1. The number of amides is 2. The summed E-state index contributed by atoms with van der Waals surface area (Å²) in [6, 6.07) is 14.9. The predicted molar refractivity (Wildman–Crippen MR) is 136 cm³/mol. The van der Waals surface area contributed by atoms with Crippen LogP contribution in [-0.4, -0.2) is 49.1 Å². The van der Waals surface area contributed by atoms with Crippen molar-refractivity contribution in [1.29, 1.82) is 0 Å². The van der Waals surface area contributed by atoms with E-state index in [4.69, 9.17) is 10.5 Å². The van der Waals surface area contributed by atoms with E-state index < -0.39 is 5.25 Å². The van der Waals surface area contributed by atoms with Crippen LogP contribution in [0.15, 0.2) is 64.8 Å². The molecule has 33 heavy (non-hydrogen) atoms. The second-order valence-corrected chi connectivity index (χ2v) is 8.80. The summed E-state index contributed by atoms with van der Waals surface area (Å²) in [5.74, 6) is 0.0430. The molecule has 0 bridgehead atoms. The van der Waals surface area contributed by atoms with Gasteiger partial charge in [0.2, 0.25) is 11.8 Å². The number of allylic oxidation sites excluding steroid dienone is 1. The van der Waals surface area contributed by atoms with Crippen LogP contribution >= 0.6 is 11.8 Å². The zero-order valence-corrected chi connectivity index (χ0v) is 19.9. The van der Waals surface area contributed by atoms with Crippen molar-refractivity contribution < 1.29 is 14.3 Å². The standard InChI is InChI=1S/C24H27N5O3S/c1-16(5-6-17-7-9-18(10-8-17)28(2)3)26-27-24(25)33-21-15-22(30)29(23(21)31)19-11-13-20(32-4)14-12-19/h5-14,21H,15H2,1-4H3,(H2,25,27). The highest BCUT2D eigenvalue weighted by Crippen LogP contribution is 2.30. The molecular weight excluding hydrogens is 438 g/mol. The average molecular weight is 466 g/mol. The minimum Gasteiger partial charge on any atom is -0.497 e. The van der Waals surface area contributed by atoms with Gasteiger partial charge in [0.1, 0.15) is 11.0 Å². The van der Waals surface area contributed by atoms with Gasteiger partial charge in [-0.3, -0.25) is 9.59 Å². The van der Waals surface area contributed by atoms with Crippen molar-refractivity contribution in [2.45, 2.75) is 18.6 Å². The molecule has 0 spiro atoms. The number of nitrogens with zero attached hydrogens (tertiary/aromatic N) is 4. The van der Waals surface area contributed by atoms with Crippen molar-refractivity contribution in [2.24, 2.45) is 15.9 Å². The third-order valence-electron chi connectivity index (χ3n) is 4.93. The average Bonchev–Trinajstić information content (AvgIpc) is 3.09. The number of hydrogen-bond donors (Lipinski definition) is 1. The van der Waals surface area contributed by atoms with E-state index in [9.17, 15) is 9.59 Å². The maximum atomic E-state index is 12.8. The van der Waals surface area contributed by atoms with E-state index >= 15 is 0 Å². The summed E-state index contributed by atoms with van der Waals surface area (Å²) in [5, 5.41) is 7.60. The Morgan fingerprint density at radius 1 is 1.12 bits per heavy atom. The van der Waals surface area contributed by atoms with Gasteiger partial charge in [-0.2, -0.15) is 5.10 Å². The Morgan fingerprint density at radius 2 is 1.79 bits per heavy atom. The number of methoxy groups -OCH3 is 1. The van der Waals surface area contributed by atoms with Crippen molar-refractivity contribution in [3.63, 3.8) is 0 Å². The lowest BCUT2D eigenvalue weighted by molar-refractivity contribution is -0.121. The molecule has 1 fully saturated rings. The normalized spacial score (nSPS) is 17.2. The fourth-order valence-corrected chi connectivity index (χ4v) is 3.94. The summed E-state index contributed by atoms with van der Waals surface area (Å²) in [4.78, 5) is 28.4. The van der Waals surface area contributed by atoms with E-state index in [2.05, 4.69) is 10.2 Å². The largest absolute Gasteiger partial charge is 0.497 e. The highest BCUT2D eigenvalue weighted by Gasteiger charge is 2.40. The lowest BCUT2D eigenvalue weighted by Gasteiger charge is -2.15. The second kappa shape index (κ2) is 10.8. The van der Waals surface area contributed by atoms with Crippen LogP contribution in [0.1, 0.15) is 18.9 Å².